The molecular weight excluding hydrogens is 652 g/mol. The van der Waals surface area contributed by atoms with Gasteiger partial charge in [-0.3, -0.25) is 14.4 Å². The number of hydrogen-bond acceptors (Lipinski definition) is 8. The first-order chi connectivity index (χ1) is 23.0. The number of aryl methyl sites for hydroxylation is 1. The molecular formula is C34H48N6O8S. The van der Waals surface area contributed by atoms with Crippen LogP contribution in [0, 0.1) is 5.92 Å². The van der Waals surface area contributed by atoms with Gasteiger partial charge in [0.05, 0.1) is 6.54 Å². The molecule has 1 aromatic heterocycles. The number of alkyl carbamates (subject to hydrolysis) is 1. The van der Waals surface area contributed by atoms with Crippen molar-refractivity contribution < 1.29 is 37.1 Å². The Morgan fingerprint density at radius 3 is 2.57 bits per heavy atom. The summed E-state index contributed by atoms with van der Waals surface area (Å²) >= 11 is 0. The largest absolute Gasteiger partial charge is 0.488 e. The molecule has 1 saturated carbocycles. The molecule has 4 amide bonds. The number of carbonyl (C=O) groups excluding carboxylic acids is 4. The Morgan fingerprint density at radius 1 is 1.10 bits per heavy atom. The fourth-order valence-electron chi connectivity index (χ4n) is 6.44. The highest BCUT2D eigenvalue weighted by Gasteiger charge is 2.61. The number of fused-ring (bicyclic) bond motifs is 3. The van der Waals surface area contributed by atoms with Crippen molar-refractivity contribution in [2.75, 3.05) is 20.6 Å². The van der Waals surface area contributed by atoms with Crippen molar-refractivity contribution in [2.45, 2.75) is 95.0 Å². The highest BCUT2D eigenvalue weighted by atomic mass is 32.2. The van der Waals surface area contributed by atoms with Gasteiger partial charge in [0.1, 0.15) is 35.1 Å². The van der Waals surface area contributed by atoms with Gasteiger partial charge in [0, 0.05) is 50.6 Å². The van der Waals surface area contributed by atoms with Crippen molar-refractivity contribution in [3.63, 3.8) is 0 Å². The molecule has 5 atom stereocenters. The van der Waals surface area contributed by atoms with Gasteiger partial charge in [-0.05, 0) is 70.7 Å². The molecule has 0 radical (unpaired) electrons. The first kappa shape index (κ1) is 36.2. The predicted octanol–water partition coefficient (Wildman–Crippen LogP) is 2.74. The van der Waals surface area contributed by atoms with Gasteiger partial charge in [-0.1, -0.05) is 25.0 Å². The Labute approximate surface area is 287 Å². The molecule has 2 aromatic rings. The molecule has 15 heteroatoms. The number of amides is 4. The number of rotatable bonds is 6. The summed E-state index contributed by atoms with van der Waals surface area (Å²) < 4.78 is 42.0. The molecule has 1 saturated heterocycles. The van der Waals surface area contributed by atoms with Gasteiger partial charge in [0.15, 0.2) is 0 Å². The molecule has 2 aliphatic heterocycles. The molecule has 3 aliphatic rings. The maximum atomic E-state index is 14.3. The Morgan fingerprint density at radius 2 is 1.86 bits per heavy atom. The van der Waals surface area contributed by atoms with Gasteiger partial charge >= 0.3 is 16.3 Å². The third-order valence-electron chi connectivity index (χ3n) is 9.20. The third kappa shape index (κ3) is 8.38. The zero-order valence-electron chi connectivity index (χ0n) is 29.0. The second-order valence-corrected chi connectivity index (χ2v) is 16.3. The van der Waals surface area contributed by atoms with E-state index in [-0.39, 0.29) is 19.4 Å². The number of hydrogen-bond donors (Lipinski definition) is 3. The van der Waals surface area contributed by atoms with Crippen molar-refractivity contribution in [3.05, 3.63) is 42.6 Å². The van der Waals surface area contributed by atoms with Crippen LogP contribution in [0.15, 0.2) is 42.6 Å². The van der Waals surface area contributed by atoms with E-state index in [9.17, 15) is 27.6 Å². The SMILES string of the molecule is CN(C)S(=O)(=O)NC(=O)[C@@]12C[C@H]1/C=C\CCCCC[C@H](NC(=O)OC(C)(C)C)C(=O)N1C[C@H](Oc3ccc4c(ccn4C)c3)C[C@H]1C(=O)N2. The summed E-state index contributed by atoms with van der Waals surface area (Å²) in [5.41, 5.74) is -1.29. The van der Waals surface area contributed by atoms with E-state index in [4.69, 9.17) is 9.47 Å². The second-order valence-electron chi connectivity index (χ2n) is 14.4. The highest BCUT2D eigenvalue weighted by molar-refractivity contribution is 7.87. The van der Waals surface area contributed by atoms with Gasteiger partial charge in [-0.15, -0.1) is 0 Å². The van der Waals surface area contributed by atoms with E-state index < -0.39 is 69.3 Å². The molecule has 49 heavy (non-hydrogen) atoms. The summed E-state index contributed by atoms with van der Waals surface area (Å²) in [5.74, 6) is -1.80. The summed E-state index contributed by atoms with van der Waals surface area (Å²) in [5, 5.41) is 6.54. The molecule has 0 spiro atoms. The van der Waals surface area contributed by atoms with Crippen molar-refractivity contribution in [1.29, 1.82) is 0 Å². The number of nitrogens with zero attached hydrogens (tertiary/aromatic N) is 3. The second kappa shape index (κ2) is 14.0. The van der Waals surface area contributed by atoms with E-state index in [1.807, 2.05) is 54.2 Å². The molecule has 268 valence electrons. The lowest BCUT2D eigenvalue weighted by atomic mass is 10.0. The van der Waals surface area contributed by atoms with E-state index in [0.29, 0.717) is 25.0 Å². The van der Waals surface area contributed by atoms with Crippen LogP contribution in [0.1, 0.15) is 65.7 Å². The Kier molecular flexibility index (Phi) is 10.4. The van der Waals surface area contributed by atoms with Crippen LogP contribution in [0.25, 0.3) is 10.9 Å². The summed E-state index contributed by atoms with van der Waals surface area (Å²) in [6.07, 6.45) is 7.94. The van der Waals surface area contributed by atoms with Gasteiger partial charge in [-0.25, -0.2) is 9.52 Å². The van der Waals surface area contributed by atoms with Crippen molar-refractivity contribution in [3.8, 4) is 5.75 Å². The maximum Gasteiger partial charge on any atom is 0.408 e. The standard InChI is InChI=1S/C34H48N6O8S/c1-33(2,3)48-32(44)35-26-13-11-9-7-8-10-12-23-20-34(23,31(43)37-49(45,46)38(4)5)36-29(41)28-19-25(21-40(28)30(26)42)47-24-14-15-27-22(18-24)16-17-39(27)6/h10,12,14-18,23,25-26,28H,7-9,11,13,19-21H2,1-6H3,(H,35,44)(H,36,41)(H,37,43)/b12-10-/t23-,25-,26+,28+,34-/m1/s1. The smallest absolute Gasteiger partial charge is 0.408 e. The number of allylic oxidation sites excluding steroid dienone is 1. The summed E-state index contributed by atoms with van der Waals surface area (Å²) in [7, 11) is 0.403. The first-order valence-electron chi connectivity index (χ1n) is 16.7. The minimum Gasteiger partial charge on any atom is -0.488 e. The van der Waals surface area contributed by atoms with Gasteiger partial charge < -0.3 is 29.6 Å². The average Bonchev–Trinajstić information content (AvgIpc) is 3.33. The van der Waals surface area contributed by atoms with E-state index >= 15 is 0 Å². The minimum absolute atomic E-state index is 0.0494. The Balaban J connectivity index is 1.45. The quantitative estimate of drug-likeness (QED) is 0.387. The fourth-order valence-corrected chi connectivity index (χ4v) is 7.04. The van der Waals surface area contributed by atoms with Crippen LogP contribution in [0.4, 0.5) is 4.79 Å². The molecule has 3 heterocycles. The van der Waals surface area contributed by atoms with Gasteiger partial charge in [0.2, 0.25) is 11.8 Å². The van der Waals surface area contributed by atoms with Gasteiger partial charge in [0.25, 0.3) is 5.91 Å². The first-order valence-corrected chi connectivity index (χ1v) is 18.2. The maximum absolute atomic E-state index is 14.3. The summed E-state index contributed by atoms with van der Waals surface area (Å²) in [6.45, 7) is 5.24. The van der Waals surface area contributed by atoms with E-state index in [1.54, 1.807) is 20.8 Å². The third-order valence-corrected chi connectivity index (χ3v) is 10.6. The molecule has 5 rings (SSSR count). The number of nitrogens with one attached hydrogen (secondary N) is 3. The van der Waals surface area contributed by atoms with Crippen LogP contribution < -0.4 is 20.1 Å². The molecule has 1 aromatic carbocycles. The van der Waals surface area contributed by atoms with E-state index in [1.165, 1.54) is 19.0 Å². The number of ether oxygens (including phenoxy) is 2. The van der Waals surface area contributed by atoms with Gasteiger partial charge in [-0.2, -0.15) is 12.7 Å². The Bertz CT molecular complexity index is 1730. The van der Waals surface area contributed by atoms with Crippen LogP contribution in [0.3, 0.4) is 0 Å². The summed E-state index contributed by atoms with van der Waals surface area (Å²) in [4.78, 5) is 56.3. The summed E-state index contributed by atoms with van der Waals surface area (Å²) in [6, 6.07) is 5.59. The van der Waals surface area contributed by atoms with Crippen molar-refractivity contribution >= 4 is 44.9 Å². The minimum atomic E-state index is -4.14. The van der Waals surface area contributed by atoms with Crippen LogP contribution in [-0.4, -0.2) is 96.0 Å². The van der Waals surface area contributed by atoms with E-state index in [2.05, 4.69) is 15.4 Å². The van der Waals surface area contributed by atoms with Crippen molar-refractivity contribution in [2.24, 2.45) is 13.0 Å². The zero-order valence-corrected chi connectivity index (χ0v) is 29.8. The predicted molar refractivity (Wildman–Crippen MR) is 183 cm³/mol. The zero-order chi connectivity index (χ0) is 35.7. The number of carbonyl (C=O) groups is 4. The monoisotopic (exact) mass is 700 g/mol. The molecule has 14 nitrogen and oxygen atoms in total. The Hall–Kier alpha value is -4.11. The highest BCUT2D eigenvalue weighted by Crippen LogP contribution is 2.45. The van der Waals surface area contributed by atoms with Crippen molar-refractivity contribution in [1.82, 2.24) is 29.1 Å². The van der Waals surface area contributed by atoms with E-state index in [0.717, 1.165) is 28.0 Å². The fraction of sp³-hybridized carbons (Fsp3) is 0.588. The molecule has 0 bridgehead atoms. The topological polar surface area (TPSA) is 168 Å². The lowest BCUT2D eigenvalue weighted by Gasteiger charge is -2.30. The molecule has 0 unspecified atom stereocenters. The van der Waals surface area contributed by atoms with Crippen LogP contribution in [0.2, 0.25) is 0 Å². The molecule has 1 aliphatic carbocycles. The van der Waals surface area contributed by atoms with Crippen LogP contribution in [0.5, 0.6) is 5.75 Å². The normalized spacial score (nSPS) is 27.3. The lowest BCUT2D eigenvalue weighted by molar-refractivity contribution is -0.141. The average molecular weight is 701 g/mol. The number of aromatic nitrogens is 1. The van der Waals surface area contributed by atoms with Crippen LogP contribution in [-0.2, 0) is 36.4 Å². The molecule has 2 fully saturated rings. The lowest BCUT2D eigenvalue weighted by Crippen LogP contribution is -2.58. The molecule has 3 N–H and O–H groups in total. The number of benzene rings is 1. The van der Waals surface area contributed by atoms with Crippen LogP contribution >= 0.6 is 0 Å².